The van der Waals surface area contributed by atoms with E-state index >= 15 is 0 Å². The van der Waals surface area contributed by atoms with Crippen molar-refractivity contribution in [2.24, 2.45) is 5.92 Å². The summed E-state index contributed by atoms with van der Waals surface area (Å²) in [5.41, 5.74) is 2.30. The van der Waals surface area contributed by atoms with E-state index in [-0.39, 0.29) is 30.4 Å². The molecule has 0 aromatic heterocycles. The van der Waals surface area contributed by atoms with Gasteiger partial charge in [0.15, 0.2) is 0 Å². The van der Waals surface area contributed by atoms with Gasteiger partial charge < -0.3 is 15.0 Å². The Kier molecular flexibility index (Phi) is 7.20. The molecular weight excluding hydrogens is 352 g/mol. The average Bonchev–Trinajstić information content (AvgIpc) is 2.75. The monoisotopic (exact) mass is 380 g/mol. The van der Waals surface area contributed by atoms with E-state index in [0.29, 0.717) is 25.9 Å². The van der Waals surface area contributed by atoms with E-state index in [2.05, 4.69) is 29.6 Å². The predicted molar refractivity (Wildman–Crippen MR) is 109 cm³/mol. The van der Waals surface area contributed by atoms with Gasteiger partial charge in [0.25, 0.3) is 0 Å². The molecule has 1 N–H and O–H groups in total. The molecule has 0 bridgehead atoms. The lowest BCUT2D eigenvalue weighted by atomic mass is 9.93. The molecule has 2 aromatic rings. The first-order chi connectivity index (χ1) is 13.7. The van der Waals surface area contributed by atoms with Crippen LogP contribution in [0.15, 0.2) is 60.7 Å². The first kappa shape index (κ1) is 20.1. The van der Waals surface area contributed by atoms with Crippen molar-refractivity contribution >= 4 is 11.8 Å². The van der Waals surface area contributed by atoms with Crippen LogP contribution in [0.1, 0.15) is 30.0 Å². The molecule has 1 fully saturated rings. The Morgan fingerprint density at radius 3 is 2.25 bits per heavy atom. The SMILES string of the molecule is COCC(=O)N1CCC(C(=O)N[C@@H](Cc2ccccc2)c2ccccc2)CC1. The normalized spacial score (nSPS) is 15.8. The number of hydrogen-bond acceptors (Lipinski definition) is 3. The van der Waals surface area contributed by atoms with Crippen LogP contribution in [0.5, 0.6) is 0 Å². The molecule has 5 nitrogen and oxygen atoms in total. The molecule has 0 saturated carbocycles. The summed E-state index contributed by atoms with van der Waals surface area (Å²) in [6.07, 6.45) is 2.13. The summed E-state index contributed by atoms with van der Waals surface area (Å²) < 4.78 is 4.92. The Bertz CT molecular complexity index is 756. The standard InChI is InChI=1S/C23H28N2O3/c1-28-17-22(26)25-14-12-20(13-15-25)23(27)24-21(19-10-6-3-7-11-19)16-18-8-4-2-5-9-18/h2-11,20-21H,12-17H2,1H3,(H,24,27)/t21-/m0/s1. The summed E-state index contributed by atoms with van der Waals surface area (Å²) in [5.74, 6) is 0.00445. The molecule has 28 heavy (non-hydrogen) atoms. The number of nitrogens with zero attached hydrogens (tertiary/aromatic N) is 1. The van der Waals surface area contributed by atoms with Gasteiger partial charge in [-0.25, -0.2) is 0 Å². The van der Waals surface area contributed by atoms with Crippen molar-refractivity contribution in [3.63, 3.8) is 0 Å². The van der Waals surface area contributed by atoms with E-state index in [0.717, 1.165) is 12.0 Å². The van der Waals surface area contributed by atoms with Crippen LogP contribution in [-0.2, 0) is 20.7 Å². The quantitative estimate of drug-likeness (QED) is 0.803. The van der Waals surface area contributed by atoms with Gasteiger partial charge in [0.2, 0.25) is 11.8 Å². The van der Waals surface area contributed by atoms with Gasteiger partial charge in [0, 0.05) is 26.1 Å². The summed E-state index contributed by atoms with van der Waals surface area (Å²) in [4.78, 5) is 26.7. The fourth-order valence-electron chi connectivity index (χ4n) is 3.68. The van der Waals surface area contributed by atoms with Crippen molar-refractivity contribution < 1.29 is 14.3 Å². The molecule has 0 aliphatic carbocycles. The van der Waals surface area contributed by atoms with Crippen LogP contribution in [-0.4, -0.2) is 43.5 Å². The third-order valence-corrected chi connectivity index (χ3v) is 5.29. The maximum absolute atomic E-state index is 12.9. The molecule has 0 unspecified atom stereocenters. The van der Waals surface area contributed by atoms with Crippen molar-refractivity contribution in [2.75, 3.05) is 26.8 Å². The molecule has 0 radical (unpaired) electrons. The smallest absolute Gasteiger partial charge is 0.248 e. The summed E-state index contributed by atoms with van der Waals surface area (Å²) >= 11 is 0. The third kappa shape index (κ3) is 5.42. The maximum atomic E-state index is 12.9. The largest absolute Gasteiger partial charge is 0.375 e. The number of benzene rings is 2. The van der Waals surface area contributed by atoms with Gasteiger partial charge in [-0.3, -0.25) is 9.59 Å². The van der Waals surface area contributed by atoms with Gasteiger partial charge in [-0.2, -0.15) is 0 Å². The second-order valence-electron chi connectivity index (χ2n) is 7.25. The zero-order chi connectivity index (χ0) is 19.8. The van der Waals surface area contributed by atoms with Crippen LogP contribution >= 0.6 is 0 Å². The van der Waals surface area contributed by atoms with E-state index in [1.165, 1.54) is 12.7 Å². The van der Waals surface area contributed by atoms with E-state index in [1.54, 1.807) is 4.90 Å². The zero-order valence-corrected chi connectivity index (χ0v) is 16.3. The van der Waals surface area contributed by atoms with E-state index in [4.69, 9.17) is 4.74 Å². The third-order valence-electron chi connectivity index (χ3n) is 5.29. The molecule has 148 valence electrons. The minimum absolute atomic E-state index is 0.00685. The second kappa shape index (κ2) is 10.0. The minimum Gasteiger partial charge on any atom is -0.375 e. The topological polar surface area (TPSA) is 58.6 Å². The van der Waals surface area contributed by atoms with Crippen molar-refractivity contribution in [2.45, 2.75) is 25.3 Å². The molecule has 2 aromatic carbocycles. The number of nitrogens with one attached hydrogen (secondary N) is 1. The summed E-state index contributed by atoms with van der Waals surface area (Å²) in [6, 6.07) is 20.2. The van der Waals surface area contributed by atoms with Crippen molar-refractivity contribution in [1.82, 2.24) is 10.2 Å². The van der Waals surface area contributed by atoms with E-state index in [1.807, 2.05) is 36.4 Å². The Morgan fingerprint density at radius 2 is 1.64 bits per heavy atom. The van der Waals surface area contributed by atoms with Crippen molar-refractivity contribution in [3.8, 4) is 0 Å². The number of carbonyl (C=O) groups excluding carboxylic acids is 2. The minimum atomic E-state index is -0.0655. The Labute approximate surface area is 166 Å². The van der Waals surface area contributed by atoms with Gasteiger partial charge in [-0.1, -0.05) is 60.7 Å². The lowest BCUT2D eigenvalue weighted by Crippen LogP contribution is -2.44. The summed E-state index contributed by atoms with van der Waals surface area (Å²) in [5, 5.41) is 3.25. The molecule has 1 saturated heterocycles. The summed E-state index contributed by atoms with van der Waals surface area (Å²) in [7, 11) is 1.52. The number of piperidine rings is 1. The highest BCUT2D eigenvalue weighted by atomic mass is 16.5. The van der Waals surface area contributed by atoms with Gasteiger partial charge in [0.05, 0.1) is 6.04 Å². The fourth-order valence-corrected chi connectivity index (χ4v) is 3.68. The lowest BCUT2D eigenvalue weighted by Gasteiger charge is -2.32. The molecule has 1 aliphatic rings. The number of carbonyl (C=O) groups is 2. The van der Waals surface area contributed by atoms with E-state index in [9.17, 15) is 9.59 Å². The van der Waals surface area contributed by atoms with Crippen LogP contribution < -0.4 is 5.32 Å². The molecule has 3 rings (SSSR count). The van der Waals surface area contributed by atoms with E-state index < -0.39 is 0 Å². The van der Waals surface area contributed by atoms with Crippen LogP contribution in [0, 0.1) is 5.92 Å². The predicted octanol–water partition coefficient (Wildman–Crippen LogP) is 2.97. The molecule has 1 aliphatic heterocycles. The average molecular weight is 380 g/mol. The first-order valence-electron chi connectivity index (χ1n) is 9.83. The molecule has 2 amide bonds. The molecular formula is C23H28N2O3. The Hall–Kier alpha value is -2.66. The van der Waals surface area contributed by atoms with Crippen LogP contribution in [0.25, 0.3) is 0 Å². The highest BCUT2D eigenvalue weighted by Crippen LogP contribution is 2.22. The maximum Gasteiger partial charge on any atom is 0.248 e. The van der Waals surface area contributed by atoms with Crippen LogP contribution in [0.3, 0.4) is 0 Å². The Balaban J connectivity index is 1.62. The number of rotatable bonds is 7. The van der Waals surface area contributed by atoms with Gasteiger partial charge >= 0.3 is 0 Å². The fraction of sp³-hybridized carbons (Fsp3) is 0.391. The lowest BCUT2D eigenvalue weighted by molar-refractivity contribution is -0.138. The number of amides is 2. The first-order valence-corrected chi connectivity index (χ1v) is 9.83. The number of methoxy groups -OCH3 is 1. The van der Waals surface area contributed by atoms with Crippen LogP contribution in [0.2, 0.25) is 0 Å². The Morgan fingerprint density at radius 1 is 1.04 bits per heavy atom. The van der Waals surface area contributed by atoms with Gasteiger partial charge in [0.1, 0.15) is 6.61 Å². The highest BCUT2D eigenvalue weighted by molar-refractivity contribution is 5.80. The molecule has 1 atom stereocenters. The van der Waals surface area contributed by atoms with Crippen molar-refractivity contribution in [1.29, 1.82) is 0 Å². The summed E-state index contributed by atoms with van der Waals surface area (Å²) in [6.45, 7) is 1.31. The number of hydrogen-bond donors (Lipinski definition) is 1. The molecule has 0 spiro atoms. The zero-order valence-electron chi connectivity index (χ0n) is 16.3. The van der Waals surface area contributed by atoms with Crippen LogP contribution in [0.4, 0.5) is 0 Å². The van der Waals surface area contributed by atoms with Crippen molar-refractivity contribution in [3.05, 3.63) is 71.8 Å². The molecule has 5 heteroatoms. The number of likely N-dealkylation sites (tertiary alicyclic amines) is 1. The molecule has 1 heterocycles. The highest BCUT2D eigenvalue weighted by Gasteiger charge is 2.28. The second-order valence-corrected chi connectivity index (χ2v) is 7.25. The van der Waals surface area contributed by atoms with Gasteiger partial charge in [-0.15, -0.1) is 0 Å². The number of ether oxygens (including phenoxy) is 1. The van der Waals surface area contributed by atoms with Gasteiger partial charge in [-0.05, 0) is 30.4 Å².